The quantitative estimate of drug-likeness (QED) is 0.706. The van der Waals surface area contributed by atoms with Crippen LogP contribution in [-0.4, -0.2) is 30.2 Å². The molecule has 6 nitrogen and oxygen atoms in total. The molecule has 1 rings (SSSR count). The van der Waals surface area contributed by atoms with Crippen LogP contribution in [0.5, 0.6) is 5.75 Å². The van der Waals surface area contributed by atoms with Gasteiger partial charge < -0.3 is 9.29 Å². The zero-order valence-corrected chi connectivity index (χ0v) is 7.77. The minimum absolute atomic E-state index is 0.00579. The van der Waals surface area contributed by atoms with Gasteiger partial charge in [0.1, 0.15) is 0 Å². The Bertz CT molecular complexity index is 413. The van der Waals surface area contributed by atoms with E-state index in [0.29, 0.717) is 0 Å². The SMILES string of the molecule is O=C(O)CS(=O)(=O)Oc1cccnc1. The first-order valence-corrected chi connectivity index (χ1v) is 5.11. The molecular weight excluding hydrogens is 210 g/mol. The highest BCUT2D eigenvalue weighted by molar-refractivity contribution is 7.87. The van der Waals surface area contributed by atoms with Gasteiger partial charge in [-0.25, -0.2) is 0 Å². The van der Waals surface area contributed by atoms with E-state index in [1.165, 1.54) is 24.5 Å². The first-order valence-electron chi connectivity index (χ1n) is 3.53. The second-order valence-corrected chi connectivity index (χ2v) is 3.94. The van der Waals surface area contributed by atoms with Crippen molar-refractivity contribution < 1.29 is 22.5 Å². The molecule has 76 valence electrons. The molecule has 0 aromatic carbocycles. The van der Waals surface area contributed by atoms with Crippen LogP contribution in [0.2, 0.25) is 0 Å². The highest BCUT2D eigenvalue weighted by atomic mass is 32.2. The molecule has 0 bridgehead atoms. The van der Waals surface area contributed by atoms with Gasteiger partial charge in [-0.2, -0.15) is 8.42 Å². The molecule has 1 aromatic rings. The summed E-state index contributed by atoms with van der Waals surface area (Å²) in [5.41, 5.74) is 0. The highest BCUT2D eigenvalue weighted by Crippen LogP contribution is 2.09. The minimum atomic E-state index is -4.07. The van der Waals surface area contributed by atoms with Crippen LogP contribution < -0.4 is 4.18 Å². The summed E-state index contributed by atoms with van der Waals surface area (Å²) in [5.74, 6) is -2.54. The molecule has 0 aliphatic heterocycles. The summed E-state index contributed by atoms with van der Waals surface area (Å²) in [4.78, 5) is 13.7. The zero-order chi connectivity index (χ0) is 10.6. The van der Waals surface area contributed by atoms with Gasteiger partial charge in [-0.3, -0.25) is 9.78 Å². The lowest BCUT2D eigenvalue weighted by molar-refractivity contribution is -0.134. The predicted octanol–water partition coefficient (Wildman–Crippen LogP) is -0.125. The Morgan fingerprint density at radius 3 is 2.79 bits per heavy atom. The van der Waals surface area contributed by atoms with Crippen molar-refractivity contribution in [2.24, 2.45) is 0 Å². The molecule has 0 aliphatic rings. The lowest BCUT2D eigenvalue weighted by Crippen LogP contribution is -2.20. The monoisotopic (exact) mass is 217 g/mol. The third-order valence-corrected chi connectivity index (χ3v) is 2.20. The van der Waals surface area contributed by atoms with Crippen molar-refractivity contribution in [2.75, 3.05) is 5.75 Å². The maximum absolute atomic E-state index is 11.0. The highest BCUT2D eigenvalue weighted by Gasteiger charge is 2.17. The van der Waals surface area contributed by atoms with Crippen LogP contribution in [0.4, 0.5) is 0 Å². The van der Waals surface area contributed by atoms with Crippen LogP contribution in [0.15, 0.2) is 24.5 Å². The number of carboxylic acid groups (broad SMARTS) is 1. The average molecular weight is 217 g/mol. The van der Waals surface area contributed by atoms with Gasteiger partial charge >= 0.3 is 16.1 Å². The van der Waals surface area contributed by atoms with E-state index in [1.807, 2.05) is 0 Å². The molecular formula is C7H7NO5S. The molecule has 1 aromatic heterocycles. The number of rotatable bonds is 4. The molecule has 1 heterocycles. The number of aromatic nitrogens is 1. The Balaban J connectivity index is 2.74. The molecule has 0 spiro atoms. The number of aliphatic carboxylic acids is 1. The van der Waals surface area contributed by atoms with Gasteiger partial charge in [-0.15, -0.1) is 0 Å². The molecule has 0 saturated carbocycles. The van der Waals surface area contributed by atoms with Crippen LogP contribution in [0.1, 0.15) is 0 Å². The van der Waals surface area contributed by atoms with Gasteiger partial charge in [0.15, 0.2) is 11.5 Å². The molecule has 0 amide bonds. The van der Waals surface area contributed by atoms with Crippen LogP contribution in [0.3, 0.4) is 0 Å². The largest absolute Gasteiger partial charge is 0.480 e. The van der Waals surface area contributed by atoms with Crippen LogP contribution >= 0.6 is 0 Å². The van der Waals surface area contributed by atoms with Gasteiger partial charge in [-0.1, -0.05) is 0 Å². The molecule has 0 saturated heterocycles. The molecule has 0 aliphatic carbocycles. The lowest BCUT2D eigenvalue weighted by atomic mass is 10.5. The topological polar surface area (TPSA) is 93.6 Å². The number of carboxylic acids is 1. The van der Waals surface area contributed by atoms with E-state index in [9.17, 15) is 13.2 Å². The summed E-state index contributed by atoms with van der Waals surface area (Å²) in [5, 5.41) is 8.25. The van der Waals surface area contributed by atoms with E-state index < -0.39 is 21.8 Å². The molecule has 7 heteroatoms. The lowest BCUT2D eigenvalue weighted by Gasteiger charge is -2.02. The van der Waals surface area contributed by atoms with Crippen molar-refractivity contribution in [3.05, 3.63) is 24.5 Å². The molecule has 0 radical (unpaired) electrons. The molecule has 0 fully saturated rings. The second-order valence-electron chi connectivity index (χ2n) is 2.37. The standard InChI is InChI=1S/C7H7NO5S/c9-7(10)5-14(11,12)13-6-2-1-3-8-4-6/h1-4H,5H2,(H,9,10). The Morgan fingerprint density at radius 2 is 2.29 bits per heavy atom. The Morgan fingerprint density at radius 1 is 1.57 bits per heavy atom. The number of carbonyl (C=O) groups is 1. The Kier molecular flexibility index (Phi) is 3.03. The van der Waals surface area contributed by atoms with Gasteiger partial charge in [0.25, 0.3) is 0 Å². The Labute approximate surface area is 80.3 Å². The summed E-state index contributed by atoms with van der Waals surface area (Å²) in [6.07, 6.45) is 2.62. The summed E-state index contributed by atoms with van der Waals surface area (Å²) in [7, 11) is -4.07. The first kappa shape index (κ1) is 10.5. The Hall–Kier alpha value is -1.63. The van der Waals surface area contributed by atoms with Crippen molar-refractivity contribution in [1.82, 2.24) is 4.98 Å². The fraction of sp³-hybridized carbons (Fsp3) is 0.143. The van der Waals surface area contributed by atoms with Gasteiger partial charge in [0.2, 0.25) is 0 Å². The van der Waals surface area contributed by atoms with E-state index in [-0.39, 0.29) is 5.75 Å². The van der Waals surface area contributed by atoms with Gasteiger partial charge in [0.05, 0.1) is 6.20 Å². The molecule has 0 unspecified atom stereocenters. The number of pyridine rings is 1. The molecule has 14 heavy (non-hydrogen) atoms. The normalized spacial score (nSPS) is 10.9. The number of hydrogen-bond acceptors (Lipinski definition) is 5. The van der Waals surface area contributed by atoms with Gasteiger partial charge in [-0.05, 0) is 12.1 Å². The van der Waals surface area contributed by atoms with Crippen molar-refractivity contribution in [3.8, 4) is 5.75 Å². The van der Waals surface area contributed by atoms with Crippen molar-refractivity contribution in [1.29, 1.82) is 0 Å². The zero-order valence-electron chi connectivity index (χ0n) is 6.95. The van der Waals surface area contributed by atoms with Crippen LogP contribution in [0.25, 0.3) is 0 Å². The predicted molar refractivity (Wildman–Crippen MR) is 46.3 cm³/mol. The van der Waals surface area contributed by atoms with Crippen molar-refractivity contribution >= 4 is 16.1 Å². The smallest absolute Gasteiger partial charge is 0.322 e. The van der Waals surface area contributed by atoms with Crippen LogP contribution in [-0.2, 0) is 14.9 Å². The fourth-order valence-electron chi connectivity index (χ4n) is 0.724. The number of nitrogens with zero attached hydrogens (tertiary/aromatic N) is 1. The fourth-order valence-corrected chi connectivity index (χ4v) is 1.48. The summed E-state index contributed by atoms with van der Waals surface area (Å²) >= 11 is 0. The van der Waals surface area contributed by atoms with E-state index in [1.54, 1.807) is 0 Å². The summed E-state index contributed by atoms with van der Waals surface area (Å²) < 4.78 is 26.4. The first-order chi connectivity index (χ1) is 6.49. The van der Waals surface area contributed by atoms with E-state index in [2.05, 4.69) is 9.17 Å². The molecule has 1 N–H and O–H groups in total. The van der Waals surface area contributed by atoms with E-state index >= 15 is 0 Å². The van der Waals surface area contributed by atoms with Gasteiger partial charge in [0, 0.05) is 6.20 Å². The van der Waals surface area contributed by atoms with Crippen molar-refractivity contribution in [3.63, 3.8) is 0 Å². The third kappa shape index (κ3) is 3.40. The van der Waals surface area contributed by atoms with E-state index in [0.717, 1.165) is 0 Å². The maximum Gasteiger partial charge on any atom is 0.322 e. The van der Waals surface area contributed by atoms with Crippen LogP contribution in [0, 0.1) is 0 Å². The third-order valence-electron chi connectivity index (χ3n) is 1.16. The number of hydrogen-bond donors (Lipinski definition) is 1. The maximum atomic E-state index is 11.0. The summed E-state index contributed by atoms with van der Waals surface area (Å²) in [6.45, 7) is 0. The minimum Gasteiger partial charge on any atom is -0.480 e. The van der Waals surface area contributed by atoms with Crippen molar-refractivity contribution in [2.45, 2.75) is 0 Å². The summed E-state index contributed by atoms with van der Waals surface area (Å²) in [6, 6.07) is 2.85. The van der Waals surface area contributed by atoms with E-state index in [4.69, 9.17) is 5.11 Å². The second kappa shape index (κ2) is 4.05. The average Bonchev–Trinajstić information content (AvgIpc) is 2.02. The molecule has 0 atom stereocenters.